The third-order valence-corrected chi connectivity index (χ3v) is 4.39. The van der Waals surface area contributed by atoms with Crippen molar-refractivity contribution in [2.75, 3.05) is 6.54 Å². The molecule has 0 radical (unpaired) electrons. The minimum atomic E-state index is -0.261. The van der Waals surface area contributed by atoms with Gasteiger partial charge in [0.2, 0.25) is 5.91 Å². The highest BCUT2D eigenvalue weighted by atomic mass is 16.1. The number of rotatable bonds is 4. The number of aryl methyl sites for hydroxylation is 1. The molecule has 4 rings (SSSR count). The fourth-order valence-corrected chi connectivity index (χ4v) is 3.15. The smallest absolute Gasteiger partial charge is 0.230 e. The van der Waals surface area contributed by atoms with Crippen molar-refractivity contribution in [2.45, 2.75) is 38.1 Å². The van der Waals surface area contributed by atoms with Gasteiger partial charge in [0.15, 0.2) is 5.82 Å². The van der Waals surface area contributed by atoms with Crippen molar-refractivity contribution >= 4 is 11.6 Å². The molecule has 24 heavy (non-hydrogen) atoms. The van der Waals surface area contributed by atoms with Crippen molar-refractivity contribution in [1.29, 1.82) is 0 Å². The molecule has 0 aromatic carbocycles. The second-order valence-electron chi connectivity index (χ2n) is 6.05. The first-order chi connectivity index (χ1) is 11.8. The predicted octanol–water partition coefficient (Wildman–Crippen LogP) is 0.947. The third kappa shape index (κ3) is 2.86. The zero-order chi connectivity index (χ0) is 16.4. The van der Waals surface area contributed by atoms with Gasteiger partial charge in [-0.25, -0.2) is 9.67 Å². The van der Waals surface area contributed by atoms with Crippen molar-refractivity contribution in [3.05, 3.63) is 42.1 Å². The molecule has 1 aliphatic heterocycles. The van der Waals surface area contributed by atoms with Crippen LogP contribution in [0.4, 0.5) is 0 Å². The lowest BCUT2D eigenvalue weighted by Gasteiger charge is -2.12. The number of nitrogens with zero attached hydrogens (tertiary/aromatic N) is 6. The number of carbonyl (C=O) groups is 1. The van der Waals surface area contributed by atoms with Crippen LogP contribution < -0.4 is 5.32 Å². The molecular formula is C16H19N7O. The Morgan fingerprint density at radius 2 is 2.29 bits per heavy atom. The topological polar surface area (TPSA) is 90.0 Å². The van der Waals surface area contributed by atoms with E-state index in [9.17, 15) is 4.79 Å². The number of fused-ring (bicyclic) bond motifs is 2. The summed E-state index contributed by atoms with van der Waals surface area (Å²) in [5, 5.41) is 14.7. The zero-order valence-electron chi connectivity index (χ0n) is 13.3. The van der Waals surface area contributed by atoms with Crippen LogP contribution in [-0.4, -0.2) is 42.0 Å². The minimum absolute atomic E-state index is 0.00304. The van der Waals surface area contributed by atoms with Crippen molar-refractivity contribution in [2.24, 2.45) is 0 Å². The lowest BCUT2D eigenvalue weighted by atomic mass is 10.0. The standard InChI is InChI=1S/C16H19N7O/c24-16(13-5-1-4-10-23-15(13)19-20-21-23)17-8-7-12-11-22-9-3-2-6-14(22)18-12/h2-3,6,9,11,13H,1,4-5,7-8,10H2,(H,17,24)/t13-/m0/s1. The van der Waals surface area contributed by atoms with E-state index in [1.165, 1.54) is 0 Å². The summed E-state index contributed by atoms with van der Waals surface area (Å²) in [6.07, 6.45) is 7.45. The Bertz CT molecular complexity index is 820. The molecule has 0 saturated heterocycles. The summed E-state index contributed by atoms with van der Waals surface area (Å²) in [7, 11) is 0. The number of tetrazole rings is 1. The van der Waals surface area contributed by atoms with Crippen molar-refractivity contribution in [3.63, 3.8) is 0 Å². The van der Waals surface area contributed by atoms with Crippen LogP contribution in [0.15, 0.2) is 30.6 Å². The van der Waals surface area contributed by atoms with Gasteiger partial charge in [-0.15, -0.1) is 5.10 Å². The predicted molar refractivity (Wildman–Crippen MR) is 86.3 cm³/mol. The molecule has 3 aromatic rings. The number of aromatic nitrogens is 6. The molecule has 124 valence electrons. The SMILES string of the molecule is O=C(NCCc1cn2ccccc2n1)[C@H]1CCCCn2nnnc21. The van der Waals surface area contributed by atoms with Crippen LogP contribution in [0, 0.1) is 0 Å². The first-order valence-electron chi connectivity index (χ1n) is 8.27. The highest BCUT2D eigenvalue weighted by Gasteiger charge is 2.28. The second-order valence-corrected chi connectivity index (χ2v) is 6.05. The van der Waals surface area contributed by atoms with Gasteiger partial charge < -0.3 is 9.72 Å². The number of nitrogens with one attached hydrogen (secondary N) is 1. The Balaban J connectivity index is 1.38. The maximum absolute atomic E-state index is 12.5. The van der Waals surface area contributed by atoms with E-state index in [1.807, 2.05) is 35.0 Å². The summed E-state index contributed by atoms with van der Waals surface area (Å²) < 4.78 is 3.73. The average Bonchev–Trinajstić information content (AvgIpc) is 3.16. The molecular weight excluding hydrogens is 306 g/mol. The fraction of sp³-hybridized carbons (Fsp3) is 0.438. The van der Waals surface area contributed by atoms with E-state index < -0.39 is 0 Å². The van der Waals surface area contributed by atoms with Crippen LogP contribution >= 0.6 is 0 Å². The van der Waals surface area contributed by atoms with Crippen LogP contribution in [0.5, 0.6) is 0 Å². The van der Waals surface area contributed by atoms with Crippen molar-refractivity contribution < 1.29 is 4.79 Å². The molecule has 1 amide bonds. The van der Waals surface area contributed by atoms with Gasteiger partial charge in [0, 0.05) is 31.9 Å². The van der Waals surface area contributed by atoms with Crippen LogP contribution in [0.2, 0.25) is 0 Å². The Labute approximate surface area is 138 Å². The molecule has 0 aliphatic carbocycles. The van der Waals surface area contributed by atoms with Gasteiger partial charge in [0.1, 0.15) is 5.65 Å². The second kappa shape index (κ2) is 6.38. The lowest BCUT2D eigenvalue weighted by molar-refractivity contribution is -0.122. The number of hydrogen-bond donors (Lipinski definition) is 1. The van der Waals surface area contributed by atoms with E-state index in [0.29, 0.717) is 18.8 Å². The fourth-order valence-electron chi connectivity index (χ4n) is 3.15. The quantitative estimate of drug-likeness (QED) is 0.771. The molecule has 8 heteroatoms. The molecule has 1 aliphatic rings. The molecule has 1 N–H and O–H groups in total. The van der Waals surface area contributed by atoms with Crippen LogP contribution in [0.1, 0.15) is 36.7 Å². The van der Waals surface area contributed by atoms with Gasteiger partial charge in [0.05, 0.1) is 11.6 Å². The first kappa shape index (κ1) is 14.8. The normalized spacial score (nSPS) is 17.4. The monoisotopic (exact) mass is 325 g/mol. The lowest BCUT2D eigenvalue weighted by Crippen LogP contribution is -2.32. The number of carbonyl (C=O) groups excluding carboxylic acids is 1. The zero-order valence-corrected chi connectivity index (χ0v) is 13.3. The first-order valence-corrected chi connectivity index (χ1v) is 8.27. The van der Waals surface area contributed by atoms with E-state index in [0.717, 1.165) is 37.1 Å². The van der Waals surface area contributed by atoms with Gasteiger partial charge in [-0.3, -0.25) is 4.79 Å². The number of pyridine rings is 1. The molecule has 0 unspecified atom stereocenters. The van der Waals surface area contributed by atoms with Gasteiger partial charge in [-0.2, -0.15) is 0 Å². The molecule has 3 aromatic heterocycles. The number of hydrogen-bond acceptors (Lipinski definition) is 5. The minimum Gasteiger partial charge on any atom is -0.355 e. The highest BCUT2D eigenvalue weighted by molar-refractivity contribution is 5.82. The molecule has 4 heterocycles. The summed E-state index contributed by atoms with van der Waals surface area (Å²) in [5.41, 5.74) is 1.88. The van der Waals surface area contributed by atoms with E-state index in [-0.39, 0.29) is 11.8 Å². The Morgan fingerprint density at radius 1 is 1.33 bits per heavy atom. The molecule has 0 bridgehead atoms. The van der Waals surface area contributed by atoms with Gasteiger partial charge in [0.25, 0.3) is 0 Å². The van der Waals surface area contributed by atoms with Crippen molar-refractivity contribution in [3.8, 4) is 0 Å². The summed E-state index contributed by atoms with van der Waals surface area (Å²) in [5.74, 6) is 0.415. The molecule has 0 fully saturated rings. The van der Waals surface area contributed by atoms with Crippen LogP contribution in [0.25, 0.3) is 5.65 Å². The average molecular weight is 325 g/mol. The Kier molecular flexibility index (Phi) is 3.94. The number of imidazole rings is 1. The Hall–Kier alpha value is -2.77. The molecule has 0 saturated carbocycles. The van der Waals surface area contributed by atoms with Crippen LogP contribution in [-0.2, 0) is 17.8 Å². The molecule has 8 nitrogen and oxygen atoms in total. The maximum atomic E-state index is 12.5. The third-order valence-electron chi connectivity index (χ3n) is 4.39. The summed E-state index contributed by atoms with van der Waals surface area (Å²) in [6, 6.07) is 5.90. The van der Waals surface area contributed by atoms with Gasteiger partial charge in [-0.1, -0.05) is 12.5 Å². The maximum Gasteiger partial charge on any atom is 0.230 e. The summed E-state index contributed by atoms with van der Waals surface area (Å²) in [4.78, 5) is 17.1. The van der Waals surface area contributed by atoms with E-state index >= 15 is 0 Å². The van der Waals surface area contributed by atoms with Crippen molar-refractivity contribution in [1.82, 2.24) is 34.9 Å². The van der Waals surface area contributed by atoms with Gasteiger partial charge >= 0.3 is 0 Å². The molecule has 0 spiro atoms. The largest absolute Gasteiger partial charge is 0.355 e. The number of amides is 1. The van der Waals surface area contributed by atoms with E-state index in [1.54, 1.807) is 4.68 Å². The van der Waals surface area contributed by atoms with E-state index in [4.69, 9.17) is 0 Å². The summed E-state index contributed by atoms with van der Waals surface area (Å²) in [6.45, 7) is 1.34. The Morgan fingerprint density at radius 3 is 3.21 bits per heavy atom. The highest BCUT2D eigenvalue weighted by Crippen LogP contribution is 2.23. The van der Waals surface area contributed by atoms with E-state index in [2.05, 4.69) is 25.8 Å². The molecule has 1 atom stereocenters. The van der Waals surface area contributed by atoms with Gasteiger partial charge in [-0.05, 0) is 35.4 Å². The van der Waals surface area contributed by atoms with Crippen LogP contribution in [0.3, 0.4) is 0 Å². The summed E-state index contributed by atoms with van der Waals surface area (Å²) >= 11 is 0.